The maximum absolute atomic E-state index is 12.5. The van der Waals surface area contributed by atoms with Gasteiger partial charge >= 0.3 is 0 Å². The van der Waals surface area contributed by atoms with E-state index in [1.165, 1.54) is 0 Å². The molecule has 30 heavy (non-hydrogen) atoms. The molecule has 1 amide bonds. The third-order valence-electron chi connectivity index (χ3n) is 5.47. The van der Waals surface area contributed by atoms with Gasteiger partial charge in [-0.2, -0.15) is 0 Å². The molecule has 1 aliphatic heterocycles. The van der Waals surface area contributed by atoms with Crippen LogP contribution in [0.3, 0.4) is 0 Å². The van der Waals surface area contributed by atoms with Crippen LogP contribution in [0.1, 0.15) is 57.3 Å². The molecule has 6 heteroatoms. The van der Waals surface area contributed by atoms with Crippen LogP contribution in [0.4, 0.5) is 5.82 Å². The van der Waals surface area contributed by atoms with Gasteiger partial charge in [0, 0.05) is 47.5 Å². The second kappa shape index (κ2) is 8.06. The number of nitrogens with zero attached hydrogens (tertiary/aromatic N) is 3. The Hall–Kier alpha value is -3.54. The lowest BCUT2D eigenvalue weighted by molar-refractivity contribution is 0.0946. The first kappa shape index (κ1) is 19.8. The number of amides is 1. The summed E-state index contributed by atoms with van der Waals surface area (Å²) in [5, 5.41) is 6.21. The van der Waals surface area contributed by atoms with Crippen molar-refractivity contribution in [2.45, 2.75) is 39.2 Å². The summed E-state index contributed by atoms with van der Waals surface area (Å²) in [7, 11) is 0. The van der Waals surface area contributed by atoms with Gasteiger partial charge in [0.2, 0.25) is 0 Å². The number of aryl methyl sites for hydroxylation is 2. The van der Waals surface area contributed by atoms with E-state index >= 15 is 0 Å². The molecular weight excluding hydrogens is 374 g/mol. The number of fused-ring (bicyclic) bond motifs is 1. The average molecular weight is 399 g/mol. The third-order valence-corrected chi connectivity index (χ3v) is 5.47. The number of carbonyl (C=O) groups is 1. The Balaban J connectivity index is 1.45. The maximum Gasteiger partial charge on any atom is 0.270 e. The molecule has 0 fully saturated rings. The van der Waals surface area contributed by atoms with Gasteiger partial charge in [-0.1, -0.05) is 25.6 Å². The van der Waals surface area contributed by atoms with Crippen LogP contribution in [0.2, 0.25) is 0 Å². The van der Waals surface area contributed by atoms with Crippen LogP contribution in [-0.4, -0.2) is 20.9 Å². The molecule has 3 aromatic rings. The largest absolute Gasteiger partial charge is 0.347 e. The second-order valence-corrected chi connectivity index (χ2v) is 7.78. The predicted octanol–water partition coefficient (Wildman–Crippen LogP) is 4.24. The van der Waals surface area contributed by atoms with Gasteiger partial charge in [0.05, 0.1) is 0 Å². The van der Waals surface area contributed by atoms with E-state index < -0.39 is 0 Å². The fourth-order valence-corrected chi connectivity index (χ4v) is 4.06. The summed E-state index contributed by atoms with van der Waals surface area (Å²) < 4.78 is 0. The molecular formula is C24H25N5O. The van der Waals surface area contributed by atoms with Crippen molar-refractivity contribution < 1.29 is 4.79 Å². The van der Waals surface area contributed by atoms with Crippen LogP contribution in [0.25, 0.3) is 0 Å². The first-order chi connectivity index (χ1) is 14.4. The van der Waals surface area contributed by atoms with Crippen LogP contribution in [0.5, 0.6) is 0 Å². The molecule has 2 N–H and O–H groups in total. The third kappa shape index (κ3) is 3.94. The van der Waals surface area contributed by atoms with E-state index in [4.69, 9.17) is 0 Å². The van der Waals surface area contributed by atoms with Crippen molar-refractivity contribution in [3.8, 4) is 0 Å². The predicted molar refractivity (Wildman–Crippen MR) is 117 cm³/mol. The van der Waals surface area contributed by atoms with Crippen LogP contribution < -0.4 is 10.6 Å². The first-order valence-corrected chi connectivity index (χ1v) is 10.0. The summed E-state index contributed by atoms with van der Waals surface area (Å²) in [5.74, 6) is 0.948. The normalized spacial score (nSPS) is 16.0. The number of hydrogen-bond acceptors (Lipinski definition) is 5. The van der Waals surface area contributed by atoms with Gasteiger partial charge in [0.1, 0.15) is 11.5 Å². The Bertz CT molecular complexity index is 1090. The molecule has 0 bridgehead atoms. The van der Waals surface area contributed by atoms with Crippen molar-refractivity contribution in [3.63, 3.8) is 0 Å². The highest BCUT2D eigenvalue weighted by molar-refractivity contribution is 5.92. The van der Waals surface area contributed by atoms with Crippen molar-refractivity contribution in [2.24, 2.45) is 0 Å². The van der Waals surface area contributed by atoms with Gasteiger partial charge in [-0.15, -0.1) is 0 Å². The summed E-state index contributed by atoms with van der Waals surface area (Å²) in [6, 6.07) is 11.7. The molecule has 0 aliphatic carbocycles. The van der Waals surface area contributed by atoms with Crippen LogP contribution in [-0.2, 0) is 6.54 Å². The molecule has 0 spiro atoms. The van der Waals surface area contributed by atoms with Gasteiger partial charge < -0.3 is 10.6 Å². The number of rotatable bonds is 5. The molecule has 0 saturated heterocycles. The van der Waals surface area contributed by atoms with E-state index in [1.807, 2.05) is 38.1 Å². The second-order valence-electron chi connectivity index (χ2n) is 7.78. The Morgan fingerprint density at radius 2 is 1.97 bits per heavy atom. The zero-order valence-corrected chi connectivity index (χ0v) is 17.4. The van der Waals surface area contributed by atoms with E-state index in [9.17, 15) is 4.79 Å². The fourth-order valence-electron chi connectivity index (χ4n) is 4.06. The Labute approximate surface area is 176 Å². The quantitative estimate of drug-likeness (QED) is 0.671. The molecule has 3 aromatic heterocycles. The molecule has 6 nitrogen and oxygen atoms in total. The first-order valence-electron chi connectivity index (χ1n) is 10.0. The van der Waals surface area contributed by atoms with Gasteiger partial charge in [0.25, 0.3) is 5.91 Å². The minimum absolute atomic E-state index is 0.119. The van der Waals surface area contributed by atoms with Crippen molar-refractivity contribution in [1.82, 2.24) is 20.3 Å². The van der Waals surface area contributed by atoms with Crippen molar-refractivity contribution in [2.75, 3.05) is 5.32 Å². The van der Waals surface area contributed by atoms with Crippen LogP contribution in [0, 0.1) is 13.8 Å². The lowest BCUT2D eigenvalue weighted by Crippen LogP contribution is -2.24. The zero-order valence-electron chi connectivity index (χ0n) is 17.4. The molecule has 152 valence electrons. The fraction of sp³-hybridized carbons (Fsp3) is 0.250. The minimum Gasteiger partial charge on any atom is -0.347 e. The SMILES string of the molecule is C=C1Nc2ncccc2C1C(C)c1ccc(C(=O)NCc2cc(C)nc(C)c2)nc1. The van der Waals surface area contributed by atoms with Gasteiger partial charge in [-0.25, -0.2) is 4.98 Å². The molecule has 2 atom stereocenters. The Kier molecular flexibility index (Phi) is 5.31. The molecule has 4 rings (SSSR count). The highest BCUT2D eigenvalue weighted by atomic mass is 16.1. The molecule has 0 saturated carbocycles. The summed E-state index contributed by atoms with van der Waals surface area (Å²) in [6.45, 7) is 10.7. The summed E-state index contributed by atoms with van der Waals surface area (Å²) in [6.07, 6.45) is 3.55. The smallest absolute Gasteiger partial charge is 0.270 e. The molecule has 2 unspecified atom stereocenters. The highest BCUT2D eigenvalue weighted by Crippen LogP contribution is 2.44. The van der Waals surface area contributed by atoms with Gasteiger partial charge in [-0.3, -0.25) is 14.8 Å². The zero-order chi connectivity index (χ0) is 21.3. The Morgan fingerprint density at radius 1 is 1.20 bits per heavy atom. The summed E-state index contributed by atoms with van der Waals surface area (Å²) in [4.78, 5) is 25.7. The monoisotopic (exact) mass is 399 g/mol. The molecule has 4 heterocycles. The van der Waals surface area contributed by atoms with Crippen molar-refractivity contribution in [1.29, 1.82) is 0 Å². The number of anilines is 1. The highest BCUT2D eigenvalue weighted by Gasteiger charge is 2.32. The lowest BCUT2D eigenvalue weighted by atomic mass is 9.83. The number of pyridine rings is 3. The number of aromatic nitrogens is 3. The van der Waals surface area contributed by atoms with Gasteiger partial charge in [-0.05, 0) is 55.2 Å². The molecule has 0 aromatic carbocycles. The topological polar surface area (TPSA) is 79.8 Å². The Morgan fingerprint density at radius 3 is 2.67 bits per heavy atom. The van der Waals surface area contributed by atoms with E-state index in [0.29, 0.717) is 12.2 Å². The van der Waals surface area contributed by atoms with E-state index in [0.717, 1.165) is 39.6 Å². The van der Waals surface area contributed by atoms with Crippen molar-refractivity contribution in [3.05, 3.63) is 94.8 Å². The minimum atomic E-state index is -0.192. The number of nitrogens with one attached hydrogen (secondary N) is 2. The molecule has 0 radical (unpaired) electrons. The van der Waals surface area contributed by atoms with Crippen LogP contribution in [0.15, 0.2) is 61.1 Å². The number of hydrogen-bond donors (Lipinski definition) is 2. The summed E-state index contributed by atoms with van der Waals surface area (Å²) >= 11 is 0. The van der Waals surface area contributed by atoms with E-state index in [-0.39, 0.29) is 17.7 Å². The lowest BCUT2D eigenvalue weighted by Gasteiger charge is -2.20. The van der Waals surface area contributed by atoms with Crippen molar-refractivity contribution >= 4 is 11.7 Å². The van der Waals surface area contributed by atoms with Crippen LogP contribution >= 0.6 is 0 Å². The number of allylic oxidation sites excluding steroid dienone is 1. The maximum atomic E-state index is 12.5. The summed E-state index contributed by atoms with van der Waals surface area (Å²) in [5.41, 5.74) is 6.43. The molecule has 1 aliphatic rings. The van der Waals surface area contributed by atoms with E-state index in [2.05, 4.69) is 45.2 Å². The standard InChI is InChI=1S/C24H25N5O/c1-14-10-18(11-15(2)28-14)12-27-24(30)21-8-7-19(13-26-21)16(3)22-17(4)29-23-20(22)6-5-9-25-23/h5-11,13,16,22H,4,12H2,1-3H3,(H,25,29)(H,27,30). The van der Waals surface area contributed by atoms with Gasteiger partial charge in [0.15, 0.2) is 0 Å². The average Bonchev–Trinajstić information content (AvgIpc) is 3.06. The number of carbonyl (C=O) groups excluding carboxylic acids is 1. The van der Waals surface area contributed by atoms with E-state index in [1.54, 1.807) is 18.5 Å².